The Balaban J connectivity index is 1.88. The molecular formula is C24H26ClNO5. The van der Waals surface area contributed by atoms with Gasteiger partial charge in [-0.1, -0.05) is 35.9 Å². The van der Waals surface area contributed by atoms with Crippen LogP contribution < -0.4 is 4.74 Å². The van der Waals surface area contributed by atoms with Gasteiger partial charge < -0.3 is 19.1 Å². The first-order valence-corrected chi connectivity index (χ1v) is 10.4. The van der Waals surface area contributed by atoms with Crippen LogP contribution in [-0.2, 0) is 25.7 Å². The van der Waals surface area contributed by atoms with Crippen LogP contribution in [-0.4, -0.2) is 44.1 Å². The second-order valence-electron chi connectivity index (χ2n) is 7.27. The Labute approximate surface area is 187 Å². The number of amides is 1. The summed E-state index contributed by atoms with van der Waals surface area (Å²) in [7, 11) is 3.18. The standard InChI is InChI=1S/C24H26ClNO5/c1-16-23(24(28)31-15-17-4-10-20(30-3)11-5-17)21(18-6-8-19(25)9-7-18)14-22(27)26(16)12-13-29-2/h4-11,21H,12-15H2,1-3H3. The summed E-state index contributed by atoms with van der Waals surface area (Å²) in [4.78, 5) is 27.6. The maximum Gasteiger partial charge on any atom is 0.336 e. The monoisotopic (exact) mass is 443 g/mol. The van der Waals surface area contributed by atoms with Crippen LogP contribution >= 0.6 is 11.6 Å². The van der Waals surface area contributed by atoms with E-state index < -0.39 is 11.9 Å². The zero-order valence-corrected chi connectivity index (χ0v) is 18.6. The lowest BCUT2D eigenvalue weighted by atomic mass is 9.83. The summed E-state index contributed by atoms with van der Waals surface area (Å²) in [5.74, 6) is -0.160. The van der Waals surface area contributed by atoms with Gasteiger partial charge in [-0.05, 0) is 42.3 Å². The van der Waals surface area contributed by atoms with Gasteiger partial charge in [0.25, 0.3) is 0 Å². The second-order valence-corrected chi connectivity index (χ2v) is 7.71. The minimum absolute atomic E-state index is 0.0544. The van der Waals surface area contributed by atoms with E-state index in [1.54, 1.807) is 38.2 Å². The van der Waals surface area contributed by atoms with Gasteiger partial charge in [-0.15, -0.1) is 0 Å². The van der Waals surface area contributed by atoms with E-state index in [0.717, 1.165) is 16.9 Å². The molecule has 0 bridgehead atoms. The molecule has 0 N–H and O–H groups in total. The molecule has 2 aromatic carbocycles. The van der Waals surface area contributed by atoms with E-state index >= 15 is 0 Å². The highest BCUT2D eigenvalue weighted by atomic mass is 35.5. The minimum Gasteiger partial charge on any atom is -0.497 e. The number of nitrogens with zero attached hydrogens (tertiary/aromatic N) is 1. The average Bonchev–Trinajstić information content (AvgIpc) is 2.78. The Kier molecular flexibility index (Phi) is 7.71. The normalized spacial score (nSPS) is 16.5. The Hall–Kier alpha value is -2.83. The summed E-state index contributed by atoms with van der Waals surface area (Å²) in [5.41, 5.74) is 2.76. The molecule has 0 aliphatic carbocycles. The van der Waals surface area contributed by atoms with E-state index in [1.807, 2.05) is 36.4 Å². The van der Waals surface area contributed by atoms with Crippen LogP contribution in [0.2, 0.25) is 5.02 Å². The highest BCUT2D eigenvalue weighted by molar-refractivity contribution is 6.30. The lowest BCUT2D eigenvalue weighted by molar-refractivity contribution is -0.141. The number of hydrogen-bond acceptors (Lipinski definition) is 5. The predicted molar refractivity (Wildman–Crippen MR) is 118 cm³/mol. The van der Waals surface area contributed by atoms with Crippen molar-refractivity contribution in [2.45, 2.75) is 25.9 Å². The number of allylic oxidation sites excluding steroid dienone is 1. The molecule has 1 unspecified atom stereocenters. The van der Waals surface area contributed by atoms with Crippen molar-refractivity contribution in [3.8, 4) is 5.75 Å². The first kappa shape index (κ1) is 22.8. The molecule has 7 heteroatoms. The summed E-state index contributed by atoms with van der Waals surface area (Å²) in [6, 6.07) is 14.5. The third-order valence-corrected chi connectivity index (χ3v) is 5.62. The van der Waals surface area contributed by atoms with Crippen molar-refractivity contribution in [3.63, 3.8) is 0 Å². The molecule has 0 fully saturated rings. The highest BCUT2D eigenvalue weighted by Gasteiger charge is 2.36. The fourth-order valence-electron chi connectivity index (χ4n) is 3.66. The van der Waals surface area contributed by atoms with E-state index in [-0.39, 0.29) is 18.9 Å². The predicted octanol–water partition coefficient (Wildman–Crippen LogP) is 4.33. The molecular weight excluding hydrogens is 418 g/mol. The Bertz CT molecular complexity index is 953. The number of rotatable bonds is 8. The lowest BCUT2D eigenvalue weighted by Gasteiger charge is -2.34. The maximum atomic E-state index is 13.2. The van der Waals surface area contributed by atoms with Crippen LogP contribution in [0.3, 0.4) is 0 Å². The van der Waals surface area contributed by atoms with Crippen LogP contribution in [0.15, 0.2) is 59.8 Å². The number of carbonyl (C=O) groups is 2. The molecule has 3 rings (SSSR count). The lowest BCUT2D eigenvalue weighted by Crippen LogP contribution is -2.40. The van der Waals surface area contributed by atoms with Gasteiger partial charge in [-0.3, -0.25) is 4.79 Å². The number of halogens is 1. The van der Waals surface area contributed by atoms with E-state index in [1.165, 1.54) is 0 Å². The van der Waals surface area contributed by atoms with Crippen LogP contribution in [0.5, 0.6) is 5.75 Å². The molecule has 1 heterocycles. The molecule has 1 aliphatic rings. The number of ether oxygens (including phenoxy) is 3. The fourth-order valence-corrected chi connectivity index (χ4v) is 3.79. The van der Waals surface area contributed by atoms with Gasteiger partial charge in [0.1, 0.15) is 12.4 Å². The molecule has 1 amide bonds. The van der Waals surface area contributed by atoms with Gasteiger partial charge in [-0.2, -0.15) is 0 Å². The van der Waals surface area contributed by atoms with Gasteiger partial charge >= 0.3 is 5.97 Å². The van der Waals surface area contributed by atoms with Crippen molar-refractivity contribution < 1.29 is 23.8 Å². The Morgan fingerprint density at radius 2 is 1.77 bits per heavy atom. The molecule has 31 heavy (non-hydrogen) atoms. The molecule has 0 radical (unpaired) electrons. The third-order valence-electron chi connectivity index (χ3n) is 5.36. The SMILES string of the molecule is COCCN1C(=O)CC(c2ccc(Cl)cc2)C(C(=O)OCc2ccc(OC)cc2)=C1C. The van der Waals surface area contributed by atoms with Crippen LogP contribution in [0.25, 0.3) is 0 Å². The Morgan fingerprint density at radius 1 is 1.10 bits per heavy atom. The molecule has 0 saturated carbocycles. The Morgan fingerprint density at radius 3 is 2.39 bits per heavy atom. The average molecular weight is 444 g/mol. The summed E-state index contributed by atoms with van der Waals surface area (Å²) in [5, 5.41) is 0.594. The van der Waals surface area contributed by atoms with Crippen molar-refractivity contribution in [2.75, 3.05) is 27.4 Å². The molecule has 1 atom stereocenters. The van der Waals surface area contributed by atoms with Gasteiger partial charge in [0, 0.05) is 36.7 Å². The molecule has 2 aromatic rings. The van der Waals surface area contributed by atoms with Gasteiger partial charge in [0.2, 0.25) is 5.91 Å². The molecule has 6 nitrogen and oxygen atoms in total. The summed E-state index contributed by atoms with van der Waals surface area (Å²) in [6.45, 7) is 2.66. The summed E-state index contributed by atoms with van der Waals surface area (Å²) in [6.07, 6.45) is 0.176. The number of hydrogen-bond donors (Lipinski definition) is 0. The quantitative estimate of drug-likeness (QED) is 0.568. The fraction of sp³-hybridized carbons (Fsp3) is 0.333. The van der Waals surface area contributed by atoms with Gasteiger partial charge in [0.15, 0.2) is 0 Å². The minimum atomic E-state index is -0.441. The molecule has 0 spiro atoms. The first-order chi connectivity index (χ1) is 14.9. The molecule has 0 aromatic heterocycles. The zero-order valence-electron chi connectivity index (χ0n) is 17.9. The summed E-state index contributed by atoms with van der Waals surface area (Å²) >= 11 is 6.02. The van der Waals surface area contributed by atoms with Crippen LogP contribution in [0.1, 0.15) is 30.4 Å². The van der Waals surface area contributed by atoms with Crippen molar-refractivity contribution >= 4 is 23.5 Å². The smallest absolute Gasteiger partial charge is 0.336 e. The van der Waals surface area contributed by atoms with E-state index in [0.29, 0.717) is 29.4 Å². The number of carbonyl (C=O) groups excluding carboxylic acids is 2. The molecule has 0 saturated heterocycles. The van der Waals surface area contributed by atoms with Crippen molar-refractivity contribution in [3.05, 3.63) is 76.0 Å². The van der Waals surface area contributed by atoms with Crippen LogP contribution in [0, 0.1) is 0 Å². The van der Waals surface area contributed by atoms with Gasteiger partial charge in [0.05, 0.1) is 19.3 Å². The summed E-state index contributed by atoms with van der Waals surface area (Å²) < 4.78 is 15.9. The largest absolute Gasteiger partial charge is 0.497 e. The molecule has 164 valence electrons. The number of esters is 1. The molecule has 1 aliphatic heterocycles. The highest BCUT2D eigenvalue weighted by Crippen LogP contribution is 2.37. The second kappa shape index (κ2) is 10.5. The van der Waals surface area contributed by atoms with Crippen LogP contribution in [0.4, 0.5) is 0 Å². The third kappa shape index (κ3) is 5.46. The van der Waals surface area contributed by atoms with E-state index in [2.05, 4.69) is 0 Å². The van der Waals surface area contributed by atoms with Crippen molar-refractivity contribution in [1.29, 1.82) is 0 Å². The van der Waals surface area contributed by atoms with Crippen molar-refractivity contribution in [1.82, 2.24) is 4.90 Å². The number of benzene rings is 2. The van der Waals surface area contributed by atoms with Crippen molar-refractivity contribution in [2.24, 2.45) is 0 Å². The topological polar surface area (TPSA) is 65.1 Å². The van der Waals surface area contributed by atoms with E-state index in [9.17, 15) is 9.59 Å². The number of methoxy groups -OCH3 is 2. The van der Waals surface area contributed by atoms with E-state index in [4.69, 9.17) is 25.8 Å². The maximum absolute atomic E-state index is 13.2. The first-order valence-electron chi connectivity index (χ1n) is 10.00. The zero-order chi connectivity index (χ0) is 22.4. The van der Waals surface area contributed by atoms with Gasteiger partial charge in [-0.25, -0.2) is 4.79 Å².